The fraction of sp³-hybridized carbons (Fsp3) is 0.115. The van der Waals surface area contributed by atoms with E-state index in [1.54, 1.807) is 6.07 Å². The Morgan fingerprint density at radius 1 is 0.969 bits per heavy atom. The van der Waals surface area contributed by atoms with E-state index in [4.69, 9.17) is 10.2 Å². The average molecular weight is 421 g/mol. The highest BCUT2D eigenvalue weighted by molar-refractivity contribution is 6.01. The lowest BCUT2D eigenvalue weighted by Crippen LogP contribution is -1.99. The van der Waals surface area contributed by atoms with Crippen molar-refractivity contribution in [2.24, 2.45) is 7.05 Å². The van der Waals surface area contributed by atoms with Gasteiger partial charge in [0.05, 0.1) is 34.4 Å². The van der Waals surface area contributed by atoms with E-state index in [0.29, 0.717) is 5.56 Å². The van der Waals surface area contributed by atoms with Crippen LogP contribution in [0.5, 0.6) is 0 Å². The first kappa shape index (κ1) is 19.7. The Hall–Kier alpha value is -4.24. The van der Waals surface area contributed by atoms with Crippen LogP contribution in [0.1, 0.15) is 17.0 Å². The summed E-state index contributed by atoms with van der Waals surface area (Å²) in [4.78, 5) is 4.75. The minimum Gasteiger partial charge on any atom is -0.349 e. The molecule has 0 aliphatic carbocycles. The molecule has 0 aliphatic rings. The van der Waals surface area contributed by atoms with E-state index < -0.39 is 5.82 Å². The number of aryl methyl sites for hydroxylation is 3. The van der Waals surface area contributed by atoms with Gasteiger partial charge in [0, 0.05) is 35.5 Å². The molecule has 0 radical (unpaired) electrons. The van der Waals surface area contributed by atoms with Crippen molar-refractivity contribution in [3.05, 3.63) is 89.8 Å². The molecule has 0 atom stereocenters. The molecular weight excluding hydrogens is 401 g/mol. The second-order valence-corrected chi connectivity index (χ2v) is 7.90. The summed E-state index contributed by atoms with van der Waals surface area (Å²) in [6.07, 6.45) is 3.80. The molecule has 0 amide bonds. The van der Waals surface area contributed by atoms with Gasteiger partial charge in [-0.1, -0.05) is 18.2 Å². The van der Waals surface area contributed by atoms with E-state index in [1.165, 1.54) is 12.1 Å². The summed E-state index contributed by atoms with van der Waals surface area (Å²) in [7, 11) is 1.95. The molecule has 0 spiro atoms. The van der Waals surface area contributed by atoms with Crippen molar-refractivity contribution >= 4 is 10.9 Å². The molecule has 6 heteroatoms. The van der Waals surface area contributed by atoms with Gasteiger partial charge in [0.1, 0.15) is 11.9 Å². The monoisotopic (exact) mass is 421 g/mol. The molecule has 5 nitrogen and oxygen atoms in total. The van der Waals surface area contributed by atoms with Crippen LogP contribution in [0.25, 0.3) is 39.0 Å². The van der Waals surface area contributed by atoms with Gasteiger partial charge < -0.3 is 4.57 Å². The molecule has 0 fully saturated rings. The van der Waals surface area contributed by atoms with Crippen molar-refractivity contribution < 1.29 is 4.39 Å². The summed E-state index contributed by atoms with van der Waals surface area (Å²) in [5.41, 5.74) is 7.17. The first-order chi connectivity index (χ1) is 15.5. The maximum absolute atomic E-state index is 14.5. The fourth-order valence-corrected chi connectivity index (χ4v) is 4.15. The van der Waals surface area contributed by atoms with Crippen LogP contribution in [0.4, 0.5) is 4.39 Å². The summed E-state index contributed by atoms with van der Waals surface area (Å²) in [6.45, 7) is 4.00. The molecule has 2 aromatic carbocycles. The number of halogens is 1. The summed E-state index contributed by atoms with van der Waals surface area (Å²) in [5, 5.41) is 14.6. The lowest BCUT2D eigenvalue weighted by atomic mass is 9.95. The third-order valence-corrected chi connectivity index (χ3v) is 5.72. The van der Waals surface area contributed by atoms with Gasteiger partial charge in [0.2, 0.25) is 0 Å². The molecular formula is C26H20FN5. The van der Waals surface area contributed by atoms with Crippen LogP contribution in [0, 0.1) is 31.0 Å². The third kappa shape index (κ3) is 3.15. The smallest absolute Gasteiger partial charge is 0.141 e. The Balaban J connectivity index is 1.69. The Kier molecular flexibility index (Phi) is 4.60. The number of benzene rings is 2. The summed E-state index contributed by atoms with van der Waals surface area (Å²) in [5.74, 6) is -0.538. The first-order valence-corrected chi connectivity index (χ1v) is 10.2. The van der Waals surface area contributed by atoms with Gasteiger partial charge in [-0.05, 0) is 55.8 Å². The number of hydrogen-bond acceptors (Lipinski definition) is 3. The van der Waals surface area contributed by atoms with Crippen LogP contribution in [0.2, 0.25) is 0 Å². The van der Waals surface area contributed by atoms with Crippen molar-refractivity contribution in [3.8, 4) is 34.1 Å². The number of nitrogens with zero attached hydrogens (tertiary/aromatic N) is 5. The zero-order valence-electron chi connectivity index (χ0n) is 18.0. The van der Waals surface area contributed by atoms with Gasteiger partial charge >= 0.3 is 0 Å². The van der Waals surface area contributed by atoms with Crippen molar-refractivity contribution in [1.29, 1.82) is 5.26 Å². The normalized spacial score (nSPS) is 11.1. The van der Waals surface area contributed by atoms with Crippen molar-refractivity contribution in [2.75, 3.05) is 0 Å². The highest BCUT2D eigenvalue weighted by Gasteiger charge is 2.17. The molecule has 5 aromatic rings. The molecule has 0 N–H and O–H groups in total. The number of fused-ring (bicyclic) bond motifs is 1. The van der Waals surface area contributed by atoms with Gasteiger partial charge in [-0.15, -0.1) is 0 Å². The zero-order valence-corrected chi connectivity index (χ0v) is 18.0. The maximum atomic E-state index is 14.5. The number of aromatic nitrogens is 4. The largest absolute Gasteiger partial charge is 0.349 e. The molecule has 156 valence electrons. The van der Waals surface area contributed by atoms with Gasteiger partial charge in [0.25, 0.3) is 0 Å². The fourth-order valence-electron chi connectivity index (χ4n) is 4.15. The highest BCUT2D eigenvalue weighted by atomic mass is 19.1. The number of rotatable bonds is 3. The highest BCUT2D eigenvalue weighted by Crippen LogP contribution is 2.37. The topological polar surface area (TPSA) is 59.4 Å². The quantitative estimate of drug-likeness (QED) is 0.374. The SMILES string of the molecule is Cc1cc(C)n(-c2ccc(-c3ncc4c(ccn4C)c3-c3ccc(C#N)c(F)c3)cc2)n1. The maximum Gasteiger partial charge on any atom is 0.141 e. The number of nitriles is 1. The van der Waals surface area contributed by atoms with E-state index in [1.807, 2.05) is 85.0 Å². The molecule has 0 unspecified atom stereocenters. The van der Waals surface area contributed by atoms with Crippen LogP contribution < -0.4 is 0 Å². The van der Waals surface area contributed by atoms with E-state index in [-0.39, 0.29) is 5.56 Å². The summed E-state index contributed by atoms with van der Waals surface area (Å²) < 4.78 is 18.4. The Bertz CT molecular complexity index is 1520. The Labute approximate surface area is 185 Å². The van der Waals surface area contributed by atoms with Gasteiger partial charge in [-0.25, -0.2) is 9.07 Å². The second-order valence-electron chi connectivity index (χ2n) is 7.90. The molecule has 0 aliphatic heterocycles. The van der Waals surface area contributed by atoms with Crippen molar-refractivity contribution in [3.63, 3.8) is 0 Å². The molecule has 0 saturated carbocycles. The second kappa shape index (κ2) is 7.47. The van der Waals surface area contributed by atoms with E-state index in [9.17, 15) is 4.39 Å². The van der Waals surface area contributed by atoms with Crippen molar-refractivity contribution in [2.45, 2.75) is 13.8 Å². The van der Waals surface area contributed by atoms with Crippen LogP contribution in [0.3, 0.4) is 0 Å². The number of pyridine rings is 1. The standard InChI is InChI=1S/C26H20FN5/c1-16-12-17(2)32(30-16)21-8-6-18(7-9-21)26-25(19-4-5-20(14-28)23(27)13-19)22-10-11-31(3)24(22)15-29-26/h4-13,15H,1-3H3. The lowest BCUT2D eigenvalue weighted by Gasteiger charge is -2.13. The molecule has 32 heavy (non-hydrogen) atoms. The van der Waals surface area contributed by atoms with E-state index >= 15 is 0 Å². The zero-order chi connectivity index (χ0) is 22.4. The van der Waals surface area contributed by atoms with Crippen molar-refractivity contribution in [1.82, 2.24) is 19.3 Å². The predicted molar refractivity (Wildman–Crippen MR) is 123 cm³/mol. The minimum atomic E-state index is -0.538. The first-order valence-electron chi connectivity index (χ1n) is 10.2. The van der Waals surface area contributed by atoms with Crippen LogP contribution in [-0.2, 0) is 7.05 Å². The summed E-state index contributed by atoms with van der Waals surface area (Å²) in [6, 6.07) is 18.7. The van der Waals surface area contributed by atoms with Gasteiger partial charge in [-0.2, -0.15) is 10.4 Å². The van der Waals surface area contributed by atoms with Crippen LogP contribution in [0.15, 0.2) is 67.0 Å². The molecule has 0 saturated heterocycles. The van der Waals surface area contributed by atoms with Gasteiger partial charge in [0.15, 0.2) is 0 Å². The van der Waals surface area contributed by atoms with E-state index in [2.05, 4.69) is 5.10 Å². The third-order valence-electron chi connectivity index (χ3n) is 5.72. The predicted octanol–water partition coefficient (Wildman–Crippen LogP) is 5.72. The van der Waals surface area contributed by atoms with E-state index in [0.717, 1.165) is 44.8 Å². The lowest BCUT2D eigenvalue weighted by molar-refractivity contribution is 0.624. The van der Waals surface area contributed by atoms with Gasteiger partial charge in [-0.3, -0.25) is 4.98 Å². The Morgan fingerprint density at radius 2 is 1.72 bits per heavy atom. The van der Waals surface area contributed by atoms with Crippen LogP contribution in [-0.4, -0.2) is 19.3 Å². The minimum absolute atomic E-state index is 0.0257. The van der Waals surface area contributed by atoms with Crippen LogP contribution >= 0.6 is 0 Å². The summed E-state index contributed by atoms with van der Waals surface area (Å²) >= 11 is 0. The molecule has 0 bridgehead atoms. The Morgan fingerprint density at radius 3 is 2.38 bits per heavy atom. The average Bonchev–Trinajstić information content (AvgIpc) is 3.34. The number of hydrogen-bond donors (Lipinski definition) is 0. The molecule has 3 aromatic heterocycles. The molecule has 5 rings (SSSR count). The molecule has 3 heterocycles.